The molecule has 1 aliphatic rings. The lowest BCUT2D eigenvalue weighted by Gasteiger charge is -2.32. The largest absolute Gasteiger partial charge is 0.378 e. The van der Waals surface area contributed by atoms with Gasteiger partial charge in [-0.05, 0) is 24.2 Å². The van der Waals surface area contributed by atoms with E-state index < -0.39 is 0 Å². The quantitative estimate of drug-likeness (QED) is 0.535. The molecular weight excluding hydrogens is 248 g/mol. The number of morpholine rings is 1. The fourth-order valence-corrected chi connectivity index (χ4v) is 3.36. The van der Waals surface area contributed by atoms with Crippen LogP contribution in [0.3, 0.4) is 0 Å². The van der Waals surface area contributed by atoms with E-state index in [0.717, 1.165) is 50.4 Å². The van der Waals surface area contributed by atoms with E-state index in [0.29, 0.717) is 5.92 Å². The Labute approximate surface area is 125 Å². The highest BCUT2D eigenvalue weighted by atomic mass is 16.5. The maximum absolute atomic E-state index is 8.32. The zero-order valence-corrected chi connectivity index (χ0v) is 14.0. The first-order chi connectivity index (χ1) is 9.58. The molecule has 0 bridgehead atoms. The van der Waals surface area contributed by atoms with Gasteiger partial charge in [-0.15, -0.1) is 0 Å². The second-order valence-electron chi connectivity index (χ2n) is 6.53. The third-order valence-corrected chi connectivity index (χ3v) is 4.72. The molecule has 1 N–H and O–H groups in total. The monoisotopic (exact) mass is 282 g/mol. The van der Waals surface area contributed by atoms with Crippen LogP contribution in [-0.2, 0) is 4.74 Å². The van der Waals surface area contributed by atoms with E-state index in [9.17, 15) is 0 Å². The molecule has 3 nitrogen and oxygen atoms in total. The van der Waals surface area contributed by atoms with Crippen molar-refractivity contribution in [2.45, 2.75) is 59.8 Å². The van der Waals surface area contributed by atoms with Gasteiger partial charge < -0.3 is 9.64 Å². The van der Waals surface area contributed by atoms with E-state index in [1.165, 1.54) is 25.7 Å². The molecule has 0 radical (unpaired) electrons. The molecule has 3 unspecified atom stereocenters. The molecule has 0 amide bonds. The van der Waals surface area contributed by atoms with Gasteiger partial charge in [0, 0.05) is 19.5 Å². The zero-order valence-electron chi connectivity index (χ0n) is 14.0. The molecule has 1 rings (SSSR count). The van der Waals surface area contributed by atoms with Gasteiger partial charge in [-0.2, -0.15) is 0 Å². The summed E-state index contributed by atoms with van der Waals surface area (Å²) in [4.78, 5) is 2.20. The summed E-state index contributed by atoms with van der Waals surface area (Å²) < 4.78 is 5.36. The minimum Gasteiger partial charge on any atom is -0.378 e. The number of ether oxygens (including phenoxy) is 1. The van der Waals surface area contributed by atoms with Gasteiger partial charge in [-0.1, -0.05) is 47.0 Å². The van der Waals surface area contributed by atoms with Crippen LogP contribution in [0.15, 0.2) is 0 Å². The van der Waals surface area contributed by atoms with E-state index in [-0.39, 0.29) is 0 Å². The Morgan fingerprint density at radius 1 is 1.20 bits per heavy atom. The van der Waals surface area contributed by atoms with Crippen molar-refractivity contribution in [2.75, 3.05) is 26.3 Å². The molecule has 1 saturated heterocycles. The lowest BCUT2D eigenvalue weighted by atomic mass is 9.81. The molecule has 0 aliphatic carbocycles. The van der Waals surface area contributed by atoms with Crippen molar-refractivity contribution in [2.24, 2.45) is 17.8 Å². The van der Waals surface area contributed by atoms with Crippen LogP contribution in [0.5, 0.6) is 0 Å². The molecule has 0 aromatic heterocycles. The maximum Gasteiger partial charge on any atom is 0.0962 e. The smallest absolute Gasteiger partial charge is 0.0962 e. The van der Waals surface area contributed by atoms with Crippen LogP contribution in [0.1, 0.15) is 59.8 Å². The highest BCUT2D eigenvalue weighted by molar-refractivity contribution is 5.79. The first kappa shape index (κ1) is 17.5. The first-order valence-electron chi connectivity index (χ1n) is 8.48. The third-order valence-electron chi connectivity index (χ3n) is 4.72. The first-order valence-corrected chi connectivity index (χ1v) is 8.48. The molecule has 0 aromatic rings. The molecule has 0 aromatic carbocycles. The SMILES string of the molecule is CCCC(C)CC(CC)C(C)CC(=N)N1CCOCC1. The molecule has 3 atom stereocenters. The third kappa shape index (κ3) is 5.82. The van der Waals surface area contributed by atoms with E-state index in [1.807, 2.05) is 0 Å². The van der Waals surface area contributed by atoms with Crippen LogP contribution in [-0.4, -0.2) is 37.0 Å². The van der Waals surface area contributed by atoms with Gasteiger partial charge in [0.2, 0.25) is 0 Å². The van der Waals surface area contributed by atoms with Crippen LogP contribution >= 0.6 is 0 Å². The highest BCUT2D eigenvalue weighted by Crippen LogP contribution is 2.28. The van der Waals surface area contributed by atoms with Crippen molar-refractivity contribution >= 4 is 5.84 Å². The Morgan fingerprint density at radius 3 is 2.40 bits per heavy atom. The van der Waals surface area contributed by atoms with Gasteiger partial charge in [0.05, 0.1) is 19.0 Å². The predicted molar refractivity (Wildman–Crippen MR) is 86.4 cm³/mol. The van der Waals surface area contributed by atoms with Crippen LogP contribution in [0.2, 0.25) is 0 Å². The maximum atomic E-state index is 8.32. The minimum atomic E-state index is 0.620. The lowest BCUT2D eigenvalue weighted by molar-refractivity contribution is 0.0660. The zero-order chi connectivity index (χ0) is 15.0. The second-order valence-corrected chi connectivity index (χ2v) is 6.53. The number of nitrogens with zero attached hydrogens (tertiary/aromatic N) is 1. The fourth-order valence-electron chi connectivity index (χ4n) is 3.36. The van der Waals surface area contributed by atoms with Crippen LogP contribution < -0.4 is 0 Å². The molecule has 118 valence electrons. The number of amidine groups is 1. The summed E-state index contributed by atoms with van der Waals surface area (Å²) in [6.45, 7) is 12.6. The topological polar surface area (TPSA) is 36.3 Å². The van der Waals surface area contributed by atoms with Crippen molar-refractivity contribution in [3.63, 3.8) is 0 Å². The van der Waals surface area contributed by atoms with E-state index in [1.54, 1.807) is 0 Å². The van der Waals surface area contributed by atoms with Gasteiger partial charge in [0.1, 0.15) is 0 Å². The fraction of sp³-hybridized carbons (Fsp3) is 0.941. The van der Waals surface area contributed by atoms with E-state index >= 15 is 0 Å². The lowest BCUT2D eigenvalue weighted by Crippen LogP contribution is -2.41. The molecule has 1 heterocycles. The van der Waals surface area contributed by atoms with Gasteiger partial charge in [-0.25, -0.2) is 0 Å². The number of hydrogen-bond donors (Lipinski definition) is 1. The summed E-state index contributed by atoms with van der Waals surface area (Å²) in [6.07, 6.45) is 6.12. The summed E-state index contributed by atoms with van der Waals surface area (Å²) in [7, 11) is 0. The van der Waals surface area contributed by atoms with Gasteiger partial charge in [0.25, 0.3) is 0 Å². The Balaban J connectivity index is 2.40. The van der Waals surface area contributed by atoms with Crippen LogP contribution in [0.4, 0.5) is 0 Å². The second kappa shape index (κ2) is 9.38. The standard InChI is InChI=1S/C17H34N2O/c1-5-7-14(3)12-16(6-2)15(4)13-17(18)19-8-10-20-11-9-19/h14-16,18H,5-13H2,1-4H3. The van der Waals surface area contributed by atoms with Gasteiger partial charge in [0.15, 0.2) is 0 Å². The normalized spacial score (nSPS) is 20.5. The highest BCUT2D eigenvalue weighted by Gasteiger charge is 2.22. The molecule has 1 fully saturated rings. The molecule has 0 spiro atoms. The molecule has 20 heavy (non-hydrogen) atoms. The molecule has 3 heteroatoms. The van der Waals surface area contributed by atoms with Crippen molar-refractivity contribution in [3.8, 4) is 0 Å². The Morgan fingerprint density at radius 2 is 1.85 bits per heavy atom. The summed E-state index contributed by atoms with van der Waals surface area (Å²) in [5.74, 6) is 3.03. The number of nitrogens with one attached hydrogen (secondary N) is 1. The molecular formula is C17H34N2O. The van der Waals surface area contributed by atoms with Crippen molar-refractivity contribution in [1.82, 2.24) is 4.90 Å². The van der Waals surface area contributed by atoms with Gasteiger partial charge >= 0.3 is 0 Å². The Bertz CT molecular complexity index is 274. The summed E-state index contributed by atoms with van der Waals surface area (Å²) in [5, 5.41) is 8.32. The average Bonchev–Trinajstić information content (AvgIpc) is 2.45. The minimum absolute atomic E-state index is 0.620. The van der Waals surface area contributed by atoms with Crippen LogP contribution in [0, 0.1) is 23.2 Å². The van der Waals surface area contributed by atoms with Crippen LogP contribution in [0.25, 0.3) is 0 Å². The summed E-state index contributed by atoms with van der Waals surface area (Å²) >= 11 is 0. The summed E-state index contributed by atoms with van der Waals surface area (Å²) in [5.41, 5.74) is 0. The number of hydrogen-bond acceptors (Lipinski definition) is 2. The molecule has 1 aliphatic heterocycles. The van der Waals surface area contributed by atoms with E-state index in [2.05, 4.69) is 32.6 Å². The van der Waals surface area contributed by atoms with Crippen molar-refractivity contribution in [3.05, 3.63) is 0 Å². The van der Waals surface area contributed by atoms with Crippen molar-refractivity contribution in [1.29, 1.82) is 5.41 Å². The number of rotatable bonds is 8. The average molecular weight is 282 g/mol. The van der Waals surface area contributed by atoms with Gasteiger partial charge in [-0.3, -0.25) is 5.41 Å². The Hall–Kier alpha value is -0.570. The van der Waals surface area contributed by atoms with Crippen molar-refractivity contribution < 1.29 is 4.74 Å². The Kier molecular flexibility index (Phi) is 8.20. The predicted octanol–water partition coefficient (Wildman–Crippen LogP) is 4.17. The molecule has 0 saturated carbocycles. The summed E-state index contributed by atoms with van der Waals surface area (Å²) in [6, 6.07) is 0. The van der Waals surface area contributed by atoms with E-state index in [4.69, 9.17) is 10.1 Å².